The van der Waals surface area contributed by atoms with E-state index in [2.05, 4.69) is 331 Å². The largest absolute Gasteiger partial charge is 0.309 e. The van der Waals surface area contributed by atoms with Crippen LogP contribution in [0.4, 0.5) is 34.1 Å². The fraction of sp³-hybridized carbons (Fsp3) is 0. The lowest BCUT2D eigenvalue weighted by Crippen LogP contribution is -2.16. The molecule has 0 saturated heterocycles. The zero-order valence-electron chi connectivity index (χ0n) is 52.4. The highest BCUT2D eigenvalue weighted by Gasteiger charge is 2.31. The minimum atomic E-state index is 0.871. The van der Waals surface area contributed by atoms with Gasteiger partial charge in [-0.25, -0.2) is 0 Å². The van der Waals surface area contributed by atoms with E-state index in [0.717, 1.165) is 109 Å². The Labute approximate surface area is 569 Å². The van der Waals surface area contributed by atoms with Crippen molar-refractivity contribution in [1.82, 2.24) is 28.2 Å². The second-order valence-electron chi connectivity index (χ2n) is 25.7. The molecule has 0 saturated carbocycles. The molecule has 22 rings (SSSR count). The lowest BCUT2D eigenvalue weighted by molar-refractivity contribution is 1.11. The van der Waals surface area contributed by atoms with Crippen LogP contribution in [0.3, 0.4) is 0 Å². The third kappa shape index (κ3) is 7.69. The maximum absolute atomic E-state index is 5.13. The molecule has 8 nitrogen and oxygen atoms in total. The molecule has 2 aliphatic rings. The SMILES string of the molecule is c1ccc2c(c1)c1ccccc1n2-c1ccc2c(c1)Sc1cc(-n3c4ccccc4c4ccccc43)ccc1N2c1ccc2c(c1)c1cc(N3c4ccc(-n5c6ccccc6c6ccccc65)cc4Sc4cc(-n5c6ccccc6c6ccccc65)ccc43)ccc1c1nccnc21. The number of rotatable bonds is 6. The predicted octanol–water partition coefficient (Wildman–Crippen LogP) is 24.2. The van der Waals surface area contributed by atoms with Gasteiger partial charge in [0.2, 0.25) is 0 Å². The van der Waals surface area contributed by atoms with E-state index in [4.69, 9.17) is 9.97 Å². The Morgan fingerprint density at radius 1 is 0.194 bits per heavy atom. The molecule has 7 heterocycles. The summed E-state index contributed by atoms with van der Waals surface area (Å²) in [4.78, 5) is 19.9. The molecule has 0 spiro atoms. The molecule has 0 bridgehead atoms. The number of fused-ring (bicyclic) bond motifs is 22. The zero-order chi connectivity index (χ0) is 63.8. The number of hydrogen-bond donors (Lipinski definition) is 0. The van der Waals surface area contributed by atoms with Crippen LogP contribution in [-0.4, -0.2) is 28.2 Å². The van der Waals surface area contributed by atoms with Gasteiger partial charge in [0.1, 0.15) is 0 Å². The first kappa shape index (κ1) is 54.0. The first-order valence-electron chi connectivity index (χ1n) is 33.2. The van der Waals surface area contributed by atoms with Gasteiger partial charge in [0.25, 0.3) is 0 Å². The molecule has 15 aromatic carbocycles. The Bertz CT molecular complexity index is 5920. The summed E-state index contributed by atoms with van der Waals surface area (Å²) < 4.78 is 9.72. The number of nitrogens with zero attached hydrogens (tertiary/aromatic N) is 8. The summed E-state index contributed by atoms with van der Waals surface area (Å²) in [5, 5.41) is 14.2. The minimum absolute atomic E-state index is 0.871. The number of para-hydroxylation sites is 8. The first-order chi connectivity index (χ1) is 48.6. The number of aromatic nitrogens is 6. The first-order valence-corrected chi connectivity index (χ1v) is 34.8. The van der Waals surface area contributed by atoms with Crippen LogP contribution in [0.2, 0.25) is 0 Å². The van der Waals surface area contributed by atoms with Crippen LogP contribution in [0.15, 0.2) is 335 Å². The van der Waals surface area contributed by atoms with E-state index in [-0.39, 0.29) is 0 Å². The normalized spacial score (nSPS) is 13.0. The van der Waals surface area contributed by atoms with Gasteiger partial charge in [-0.1, -0.05) is 181 Å². The van der Waals surface area contributed by atoms with E-state index < -0.39 is 0 Å². The van der Waals surface area contributed by atoms with Gasteiger partial charge in [0, 0.05) is 120 Å². The van der Waals surface area contributed by atoms with E-state index in [0.29, 0.717) is 0 Å². The molecule has 0 fully saturated rings. The molecule has 0 unspecified atom stereocenters. The Hall–Kier alpha value is -12.3. The van der Waals surface area contributed by atoms with Gasteiger partial charge in [-0.2, -0.15) is 0 Å². The van der Waals surface area contributed by atoms with Crippen molar-refractivity contribution in [2.75, 3.05) is 9.80 Å². The Morgan fingerprint density at radius 2 is 0.418 bits per heavy atom. The molecule has 10 heteroatoms. The van der Waals surface area contributed by atoms with Crippen LogP contribution in [0.25, 0.3) is 143 Å². The lowest BCUT2D eigenvalue weighted by Gasteiger charge is -2.34. The quantitative estimate of drug-likeness (QED) is 0.155. The fourth-order valence-corrected chi connectivity index (χ4v) is 18.7. The lowest BCUT2D eigenvalue weighted by atomic mass is 9.97. The molecule has 0 amide bonds. The molecular formula is C88H52N8S2. The molecule has 5 aromatic heterocycles. The Morgan fingerprint density at radius 3 is 0.663 bits per heavy atom. The highest BCUT2D eigenvalue weighted by atomic mass is 32.2. The van der Waals surface area contributed by atoms with Gasteiger partial charge >= 0.3 is 0 Å². The summed E-state index contributed by atoms with van der Waals surface area (Å²) in [6.07, 6.45) is 3.66. The van der Waals surface area contributed by atoms with Crippen molar-refractivity contribution >= 4 is 177 Å². The van der Waals surface area contributed by atoms with Crippen molar-refractivity contribution < 1.29 is 0 Å². The number of hydrogen-bond acceptors (Lipinski definition) is 6. The standard InChI is InChI=1S/C88H52N8S2/c1-9-25-71-59(17-1)60-18-2-10-26-72(60)91(71)55-35-41-79-83(49-55)97-84-50-56(92-73-27-11-3-19-61(73)62-20-4-12-28-74(62)92)36-42-80(84)95(79)53-33-39-67-69(47-53)70-48-54(34-40-68(70)88-87(67)89-45-46-90-88)96-81-43-37-57(93-75-29-13-5-21-63(75)64-22-6-14-30-76(64)93)51-85(81)98-86-52-58(38-44-82(86)96)94-77-31-15-7-23-65(77)66-24-8-16-32-78(66)94/h1-52H. The van der Waals surface area contributed by atoms with Gasteiger partial charge in [-0.15, -0.1) is 0 Å². The van der Waals surface area contributed by atoms with Crippen LogP contribution < -0.4 is 9.80 Å². The monoisotopic (exact) mass is 1280 g/mol. The van der Waals surface area contributed by atoms with E-state index in [1.54, 1.807) is 0 Å². The maximum atomic E-state index is 5.13. The van der Waals surface area contributed by atoms with E-state index in [1.807, 2.05) is 35.9 Å². The van der Waals surface area contributed by atoms with Crippen molar-refractivity contribution in [3.05, 3.63) is 316 Å². The van der Waals surface area contributed by atoms with E-state index in [1.165, 1.54) is 87.2 Å². The van der Waals surface area contributed by atoms with E-state index in [9.17, 15) is 0 Å². The zero-order valence-corrected chi connectivity index (χ0v) is 54.0. The van der Waals surface area contributed by atoms with E-state index >= 15 is 0 Å². The van der Waals surface area contributed by atoms with Gasteiger partial charge in [-0.3, -0.25) is 9.97 Å². The third-order valence-electron chi connectivity index (χ3n) is 20.6. The smallest absolute Gasteiger partial charge is 0.0971 e. The van der Waals surface area contributed by atoms with Crippen molar-refractivity contribution in [1.29, 1.82) is 0 Å². The van der Waals surface area contributed by atoms with Crippen LogP contribution in [0, 0.1) is 0 Å². The Kier molecular flexibility index (Phi) is 11.3. The summed E-state index contributed by atoms with van der Waals surface area (Å²) in [5.41, 5.74) is 22.2. The van der Waals surface area contributed by atoms with Gasteiger partial charge in [-0.05, 0) is 156 Å². The average molecular weight is 1290 g/mol. The molecular weight excluding hydrogens is 1230 g/mol. The number of anilines is 6. The highest BCUT2D eigenvalue weighted by molar-refractivity contribution is 8.00. The second kappa shape index (κ2) is 20.6. The van der Waals surface area contributed by atoms with Crippen molar-refractivity contribution in [2.24, 2.45) is 0 Å². The van der Waals surface area contributed by atoms with Crippen molar-refractivity contribution in [3.63, 3.8) is 0 Å². The third-order valence-corrected chi connectivity index (χ3v) is 22.7. The molecule has 0 radical (unpaired) electrons. The topological polar surface area (TPSA) is 52.0 Å². The van der Waals surface area contributed by atoms with Crippen molar-refractivity contribution in [2.45, 2.75) is 19.6 Å². The molecule has 456 valence electrons. The molecule has 2 aliphatic heterocycles. The van der Waals surface area contributed by atoms with Gasteiger partial charge in [0.15, 0.2) is 0 Å². The maximum Gasteiger partial charge on any atom is 0.0971 e. The van der Waals surface area contributed by atoms with Gasteiger partial charge in [0.05, 0.1) is 77.9 Å². The van der Waals surface area contributed by atoms with Crippen LogP contribution in [-0.2, 0) is 0 Å². The van der Waals surface area contributed by atoms with Crippen LogP contribution >= 0.6 is 23.5 Å². The fourth-order valence-electron chi connectivity index (χ4n) is 16.4. The summed E-state index contributed by atoms with van der Waals surface area (Å²) in [5.74, 6) is 0. The van der Waals surface area contributed by atoms with Crippen molar-refractivity contribution in [3.8, 4) is 22.7 Å². The highest BCUT2D eigenvalue weighted by Crippen LogP contribution is 2.57. The second-order valence-corrected chi connectivity index (χ2v) is 27.8. The minimum Gasteiger partial charge on any atom is -0.309 e. The van der Waals surface area contributed by atoms with Gasteiger partial charge < -0.3 is 28.1 Å². The molecule has 0 aliphatic carbocycles. The average Bonchev–Trinajstić information content (AvgIpc) is 0.868. The number of benzene rings is 15. The van der Waals surface area contributed by atoms with Crippen LogP contribution in [0.5, 0.6) is 0 Å². The molecule has 0 atom stereocenters. The summed E-state index contributed by atoms with van der Waals surface area (Å²) in [6.45, 7) is 0. The van der Waals surface area contributed by atoms with Crippen LogP contribution in [0.1, 0.15) is 0 Å². The summed E-state index contributed by atoms with van der Waals surface area (Å²) in [6, 6.07) is 112. The summed E-state index contributed by atoms with van der Waals surface area (Å²) in [7, 11) is 0. The molecule has 98 heavy (non-hydrogen) atoms. The molecule has 0 N–H and O–H groups in total. The Balaban J connectivity index is 0.756. The summed E-state index contributed by atoms with van der Waals surface area (Å²) >= 11 is 3.69. The molecule has 20 aromatic rings. The predicted molar refractivity (Wildman–Crippen MR) is 410 cm³/mol.